The lowest BCUT2D eigenvalue weighted by molar-refractivity contribution is 0.0953. The number of nitrogens with one attached hydrogen (secondary N) is 1. The molecule has 0 unspecified atom stereocenters. The van der Waals surface area contributed by atoms with Gasteiger partial charge in [-0.1, -0.05) is 35.6 Å². The first kappa shape index (κ1) is 20.8. The van der Waals surface area contributed by atoms with Crippen molar-refractivity contribution in [1.29, 1.82) is 0 Å². The van der Waals surface area contributed by atoms with Crippen LogP contribution in [0.1, 0.15) is 26.8 Å². The van der Waals surface area contributed by atoms with Crippen LogP contribution in [0.4, 0.5) is 0 Å². The number of hydrogen-bond donors (Lipinski definition) is 1. The Labute approximate surface area is 193 Å². The van der Waals surface area contributed by atoms with Gasteiger partial charge in [0.1, 0.15) is 4.88 Å². The van der Waals surface area contributed by atoms with Crippen LogP contribution in [-0.4, -0.2) is 30.2 Å². The van der Waals surface area contributed by atoms with Crippen LogP contribution in [0.2, 0.25) is 0 Å². The van der Waals surface area contributed by atoms with Gasteiger partial charge in [-0.3, -0.25) is 14.6 Å². The normalized spacial score (nSPS) is 11.1. The highest BCUT2D eigenvalue weighted by molar-refractivity contribution is 7.16. The van der Waals surface area contributed by atoms with E-state index < -0.39 is 0 Å². The third-order valence-corrected chi connectivity index (χ3v) is 6.39. The molecule has 0 aliphatic carbocycles. The Morgan fingerprint density at radius 2 is 1.79 bits per heavy atom. The van der Waals surface area contributed by atoms with Crippen molar-refractivity contribution in [3.8, 4) is 5.13 Å². The fourth-order valence-electron chi connectivity index (χ4n) is 3.60. The molecular formula is C24H20N6O2S. The van der Waals surface area contributed by atoms with E-state index in [2.05, 4.69) is 20.4 Å². The van der Waals surface area contributed by atoms with Gasteiger partial charge in [0.05, 0.1) is 35.6 Å². The summed E-state index contributed by atoms with van der Waals surface area (Å²) in [5.41, 5.74) is 1.82. The molecule has 33 heavy (non-hydrogen) atoms. The van der Waals surface area contributed by atoms with Gasteiger partial charge in [-0.25, -0.2) is 9.67 Å². The number of carbonyl (C=O) groups is 1. The maximum Gasteiger partial charge on any atom is 0.275 e. The number of thiazole rings is 1. The van der Waals surface area contributed by atoms with Gasteiger partial charge in [0.15, 0.2) is 5.13 Å². The Bertz CT molecular complexity index is 1490. The fourth-order valence-corrected chi connectivity index (χ4v) is 4.55. The lowest BCUT2D eigenvalue weighted by Gasteiger charge is -2.11. The molecule has 0 saturated heterocycles. The number of hydrogen-bond acceptors (Lipinski definition) is 6. The average Bonchev–Trinajstić information content (AvgIpc) is 3.50. The molecule has 1 aromatic carbocycles. The molecule has 1 amide bonds. The Morgan fingerprint density at radius 3 is 2.55 bits per heavy atom. The molecule has 0 saturated carbocycles. The van der Waals surface area contributed by atoms with Gasteiger partial charge in [-0.05, 0) is 37.3 Å². The number of rotatable bonds is 6. The average molecular weight is 457 g/mol. The molecule has 164 valence electrons. The first-order valence-corrected chi connectivity index (χ1v) is 11.2. The zero-order chi connectivity index (χ0) is 22.8. The van der Waals surface area contributed by atoms with Gasteiger partial charge in [0.25, 0.3) is 11.5 Å². The minimum absolute atomic E-state index is 0.179. The molecular weight excluding hydrogens is 436 g/mol. The molecule has 0 atom stereocenters. The van der Waals surface area contributed by atoms with E-state index in [0.29, 0.717) is 27.0 Å². The molecule has 4 heterocycles. The second-order valence-corrected chi connectivity index (χ2v) is 8.44. The number of amides is 1. The zero-order valence-corrected chi connectivity index (χ0v) is 18.6. The van der Waals surface area contributed by atoms with Crippen LogP contribution in [0, 0.1) is 6.92 Å². The highest BCUT2D eigenvalue weighted by Gasteiger charge is 2.17. The van der Waals surface area contributed by atoms with E-state index in [-0.39, 0.29) is 24.6 Å². The maximum atomic E-state index is 13.0. The number of benzene rings is 1. The van der Waals surface area contributed by atoms with E-state index in [9.17, 15) is 9.59 Å². The lowest BCUT2D eigenvalue weighted by atomic mass is 10.1. The molecule has 5 aromatic rings. The summed E-state index contributed by atoms with van der Waals surface area (Å²) >= 11 is 1.33. The predicted octanol–water partition coefficient (Wildman–Crippen LogP) is 3.33. The van der Waals surface area contributed by atoms with Crippen molar-refractivity contribution in [2.45, 2.75) is 20.0 Å². The summed E-state index contributed by atoms with van der Waals surface area (Å²) in [4.78, 5) is 35.3. The number of carbonyl (C=O) groups excluding carboxylic acids is 1. The van der Waals surface area contributed by atoms with Crippen LogP contribution in [0.5, 0.6) is 0 Å². The smallest absolute Gasteiger partial charge is 0.275 e. The van der Waals surface area contributed by atoms with E-state index in [0.717, 1.165) is 10.8 Å². The minimum Gasteiger partial charge on any atom is -0.346 e. The Kier molecular flexibility index (Phi) is 5.54. The number of aromatic nitrogens is 5. The molecule has 8 nitrogen and oxygen atoms in total. The molecule has 1 N–H and O–H groups in total. The summed E-state index contributed by atoms with van der Waals surface area (Å²) in [6.45, 7) is 2.25. The first-order valence-electron chi connectivity index (χ1n) is 10.4. The summed E-state index contributed by atoms with van der Waals surface area (Å²) in [5, 5.41) is 9.51. The summed E-state index contributed by atoms with van der Waals surface area (Å²) in [6, 6.07) is 16.7. The molecule has 0 aliphatic rings. The highest BCUT2D eigenvalue weighted by atomic mass is 32.1. The Balaban J connectivity index is 1.43. The van der Waals surface area contributed by atoms with E-state index in [1.165, 1.54) is 16.0 Å². The van der Waals surface area contributed by atoms with Crippen LogP contribution in [-0.2, 0) is 13.1 Å². The van der Waals surface area contributed by atoms with Gasteiger partial charge < -0.3 is 9.88 Å². The van der Waals surface area contributed by atoms with Gasteiger partial charge in [0, 0.05) is 24.0 Å². The van der Waals surface area contributed by atoms with Crippen LogP contribution >= 0.6 is 11.3 Å². The number of nitrogens with zero attached hydrogens (tertiary/aromatic N) is 5. The molecule has 9 heteroatoms. The van der Waals surface area contributed by atoms with Crippen LogP contribution in [0.3, 0.4) is 0 Å². The topological polar surface area (TPSA) is 94.7 Å². The van der Waals surface area contributed by atoms with Gasteiger partial charge in [-0.15, -0.1) is 0 Å². The summed E-state index contributed by atoms with van der Waals surface area (Å²) < 4.78 is 3.27. The molecule has 0 fully saturated rings. The van der Waals surface area contributed by atoms with Crippen molar-refractivity contribution in [3.05, 3.63) is 106 Å². The van der Waals surface area contributed by atoms with Gasteiger partial charge >= 0.3 is 0 Å². The summed E-state index contributed by atoms with van der Waals surface area (Å²) in [5.74, 6) is -0.225. The minimum atomic E-state index is -0.225. The second-order valence-electron chi connectivity index (χ2n) is 7.46. The number of pyridine rings is 1. The van der Waals surface area contributed by atoms with Crippen molar-refractivity contribution in [2.75, 3.05) is 0 Å². The van der Waals surface area contributed by atoms with Crippen LogP contribution in [0.25, 0.3) is 15.9 Å². The Hall–Kier alpha value is -4.11. The summed E-state index contributed by atoms with van der Waals surface area (Å²) in [7, 11) is 0. The van der Waals surface area contributed by atoms with Crippen molar-refractivity contribution in [3.63, 3.8) is 0 Å². The molecule has 4 aromatic heterocycles. The van der Waals surface area contributed by atoms with Gasteiger partial charge in [0.2, 0.25) is 0 Å². The Morgan fingerprint density at radius 1 is 1.03 bits per heavy atom. The SMILES string of the molecule is Cc1nc(-n2cccc2)sc1C(=O)NCc1nn(Cc2ccccn2)c(=O)c2ccccc12. The molecule has 0 aliphatic heterocycles. The monoisotopic (exact) mass is 456 g/mol. The first-order chi connectivity index (χ1) is 16.1. The van der Waals surface area contributed by atoms with Gasteiger partial charge in [-0.2, -0.15) is 5.10 Å². The largest absolute Gasteiger partial charge is 0.346 e. The zero-order valence-electron chi connectivity index (χ0n) is 17.8. The standard InChI is InChI=1S/C24H20N6O2S/c1-16-21(33-24(27-16)29-12-6-7-13-29)22(31)26-14-20-18-9-2-3-10-19(18)23(32)30(28-20)15-17-8-4-5-11-25-17/h2-13H,14-15H2,1H3,(H,26,31). The third-order valence-electron chi connectivity index (χ3n) is 5.22. The van der Waals surface area contributed by atoms with E-state index >= 15 is 0 Å². The van der Waals surface area contributed by atoms with E-state index in [1.807, 2.05) is 72.4 Å². The number of aryl methyl sites for hydroxylation is 1. The molecule has 0 radical (unpaired) electrons. The predicted molar refractivity (Wildman–Crippen MR) is 127 cm³/mol. The summed E-state index contributed by atoms with van der Waals surface area (Å²) in [6.07, 6.45) is 5.46. The van der Waals surface area contributed by atoms with E-state index in [1.54, 1.807) is 12.3 Å². The third kappa shape index (κ3) is 4.18. The van der Waals surface area contributed by atoms with Crippen molar-refractivity contribution in [1.82, 2.24) is 29.6 Å². The van der Waals surface area contributed by atoms with Crippen molar-refractivity contribution < 1.29 is 4.79 Å². The molecule has 0 bridgehead atoms. The van der Waals surface area contributed by atoms with Crippen molar-refractivity contribution in [2.24, 2.45) is 0 Å². The molecule has 0 spiro atoms. The van der Waals surface area contributed by atoms with Crippen LogP contribution < -0.4 is 10.9 Å². The lowest BCUT2D eigenvalue weighted by Crippen LogP contribution is -2.29. The number of fused-ring (bicyclic) bond motifs is 1. The van der Waals surface area contributed by atoms with Crippen molar-refractivity contribution >= 4 is 28.0 Å². The molecule has 5 rings (SSSR count). The second kappa shape index (κ2) is 8.79. The fraction of sp³-hybridized carbons (Fsp3) is 0.125. The van der Waals surface area contributed by atoms with E-state index in [4.69, 9.17) is 0 Å². The highest BCUT2D eigenvalue weighted by Crippen LogP contribution is 2.22. The quantitative estimate of drug-likeness (QED) is 0.423. The maximum absolute atomic E-state index is 13.0. The van der Waals surface area contributed by atoms with Crippen LogP contribution in [0.15, 0.2) is 78.0 Å².